The summed E-state index contributed by atoms with van der Waals surface area (Å²) in [5, 5.41) is 3.45. The van der Waals surface area contributed by atoms with E-state index in [0.29, 0.717) is 19.6 Å². The zero-order valence-corrected chi connectivity index (χ0v) is 24.9. The Morgan fingerprint density at radius 2 is 1.79 bits per heavy atom. The number of carbonyl (C=O) groups excluding carboxylic acids is 3. The van der Waals surface area contributed by atoms with Crippen LogP contribution in [0.3, 0.4) is 0 Å². The molecule has 12 heteroatoms. The Morgan fingerprint density at radius 1 is 1.02 bits per heavy atom. The first kappa shape index (κ1) is 30.0. The quantitative estimate of drug-likeness (QED) is 0.228. The van der Waals surface area contributed by atoms with Crippen LogP contribution in [0.2, 0.25) is 0 Å². The van der Waals surface area contributed by atoms with Gasteiger partial charge in [-0.25, -0.2) is 4.98 Å². The van der Waals surface area contributed by atoms with Gasteiger partial charge in [0.15, 0.2) is 5.82 Å². The molecule has 5 rings (SSSR count). The van der Waals surface area contributed by atoms with E-state index < -0.39 is 0 Å². The van der Waals surface area contributed by atoms with Crippen molar-refractivity contribution in [3.63, 3.8) is 0 Å². The van der Waals surface area contributed by atoms with Gasteiger partial charge < -0.3 is 25.3 Å². The third-order valence-corrected chi connectivity index (χ3v) is 7.97. The zero-order valence-electron chi connectivity index (χ0n) is 24.9. The fourth-order valence-corrected chi connectivity index (χ4v) is 5.59. The number of piperazine rings is 1. The van der Waals surface area contributed by atoms with Gasteiger partial charge in [0.05, 0.1) is 19.2 Å². The lowest BCUT2D eigenvalue weighted by atomic mass is 10.1. The molecule has 12 nitrogen and oxygen atoms in total. The molecule has 3 amide bonds. The summed E-state index contributed by atoms with van der Waals surface area (Å²) < 4.78 is 7.92. The highest BCUT2D eigenvalue weighted by Gasteiger charge is 2.26. The highest BCUT2D eigenvalue weighted by molar-refractivity contribution is 6.13. The van der Waals surface area contributed by atoms with Crippen molar-refractivity contribution in [1.29, 1.82) is 0 Å². The Hall–Kier alpha value is -4.45. The van der Waals surface area contributed by atoms with Gasteiger partial charge in [-0.2, -0.15) is 4.98 Å². The summed E-state index contributed by atoms with van der Waals surface area (Å²) in [4.78, 5) is 50.3. The number of nitrogens with two attached hydrogens (primary N) is 1. The average Bonchev–Trinajstić information content (AvgIpc) is 3.56. The van der Waals surface area contributed by atoms with Gasteiger partial charge in [-0.15, -0.1) is 0 Å². The maximum Gasteiger partial charge on any atom is 0.253 e. The fourth-order valence-electron chi connectivity index (χ4n) is 5.59. The van der Waals surface area contributed by atoms with Crippen LogP contribution >= 0.6 is 0 Å². The van der Waals surface area contributed by atoms with Crippen molar-refractivity contribution in [2.24, 2.45) is 0 Å². The number of unbranched alkanes of at least 4 members (excludes halogenated alkanes) is 2. The number of hydrogen-bond acceptors (Lipinski definition) is 9. The largest absolute Gasteiger partial charge is 0.496 e. The number of nitrogens with one attached hydrogen (secondary N) is 1. The molecule has 1 fully saturated rings. The number of ether oxygens (including phenoxy) is 1. The highest BCUT2D eigenvalue weighted by Crippen LogP contribution is 2.27. The predicted molar refractivity (Wildman–Crippen MR) is 164 cm³/mol. The molecule has 0 spiro atoms. The van der Waals surface area contributed by atoms with E-state index in [0.717, 1.165) is 84.1 Å². The maximum atomic E-state index is 12.7. The van der Waals surface area contributed by atoms with Crippen molar-refractivity contribution < 1.29 is 19.1 Å². The first-order valence-corrected chi connectivity index (χ1v) is 14.9. The third-order valence-electron chi connectivity index (χ3n) is 7.97. The van der Waals surface area contributed by atoms with Crippen molar-refractivity contribution in [3.8, 4) is 5.75 Å². The topological polar surface area (TPSA) is 139 Å². The summed E-state index contributed by atoms with van der Waals surface area (Å²) in [5.41, 5.74) is 9.87. The van der Waals surface area contributed by atoms with Crippen LogP contribution in [0.15, 0.2) is 42.6 Å². The second-order valence-electron chi connectivity index (χ2n) is 11.0. The number of anilines is 2. The molecule has 2 aliphatic rings. The van der Waals surface area contributed by atoms with Gasteiger partial charge in [0.25, 0.3) is 11.8 Å². The van der Waals surface area contributed by atoms with Crippen molar-refractivity contribution in [2.75, 3.05) is 57.4 Å². The molecule has 1 aromatic carbocycles. The number of benzene rings is 1. The minimum absolute atomic E-state index is 0.0388. The molecule has 0 radical (unpaired) electrons. The van der Waals surface area contributed by atoms with E-state index in [1.165, 1.54) is 12.2 Å². The van der Waals surface area contributed by atoms with Gasteiger partial charge in [0.2, 0.25) is 11.9 Å². The Morgan fingerprint density at radius 3 is 2.51 bits per heavy atom. The molecule has 228 valence electrons. The summed E-state index contributed by atoms with van der Waals surface area (Å²) in [6, 6.07) is 8.26. The number of hydrogen-bond donors (Lipinski definition) is 2. The van der Waals surface area contributed by atoms with E-state index in [1.54, 1.807) is 7.11 Å². The Balaban J connectivity index is 1.18. The smallest absolute Gasteiger partial charge is 0.253 e. The van der Waals surface area contributed by atoms with Crippen LogP contribution in [-0.2, 0) is 27.5 Å². The van der Waals surface area contributed by atoms with Gasteiger partial charge in [0, 0.05) is 76.1 Å². The third kappa shape index (κ3) is 7.14. The molecular weight excluding hydrogens is 548 g/mol. The van der Waals surface area contributed by atoms with E-state index in [2.05, 4.69) is 49.9 Å². The van der Waals surface area contributed by atoms with Crippen LogP contribution in [0.25, 0.3) is 11.0 Å². The molecule has 2 aliphatic heterocycles. The molecule has 3 aromatic rings. The minimum Gasteiger partial charge on any atom is -0.496 e. The number of aromatic nitrogens is 3. The number of nitrogen functional groups attached to an aromatic ring is 1. The summed E-state index contributed by atoms with van der Waals surface area (Å²) in [6.07, 6.45) is 7.99. The second-order valence-corrected chi connectivity index (χ2v) is 11.0. The lowest BCUT2D eigenvalue weighted by Crippen LogP contribution is -2.49. The normalized spacial score (nSPS) is 15.6. The second kappa shape index (κ2) is 13.7. The van der Waals surface area contributed by atoms with Gasteiger partial charge in [-0.3, -0.25) is 24.2 Å². The Labute approximate surface area is 251 Å². The van der Waals surface area contributed by atoms with Crippen LogP contribution in [-0.4, -0.2) is 93.3 Å². The number of rotatable bonds is 13. The van der Waals surface area contributed by atoms with Crippen LogP contribution in [0.1, 0.15) is 43.7 Å². The fraction of sp³-hybridized carbons (Fsp3) is 0.452. The first-order valence-electron chi connectivity index (χ1n) is 14.9. The van der Waals surface area contributed by atoms with E-state index in [1.807, 2.05) is 17.2 Å². The highest BCUT2D eigenvalue weighted by atomic mass is 16.5. The van der Waals surface area contributed by atoms with Crippen LogP contribution < -0.4 is 15.8 Å². The molecule has 1 saturated heterocycles. The van der Waals surface area contributed by atoms with E-state index in [4.69, 9.17) is 10.5 Å². The van der Waals surface area contributed by atoms with Crippen molar-refractivity contribution in [1.82, 2.24) is 29.2 Å². The zero-order chi connectivity index (χ0) is 30.3. The summed E-state index contributed by atoms with van der Waals surface area (Å²) in [6.45, 7) is 7.15. The van der Waals surface area contributed by atoms with E-state index >= 15 is 0 Å². The first-order chi connectivity index (χ1) is 20.9. The standard InChI is InChI=1S/C31H40N8O4/c1-3-4-5-12-33-30-29-24(34-31(32)35-30)10-13-38(29)21-23-7-6-22(19-25(23)43-2)20-36-15-17-37(18-16-36)26(40)11-14-39-27(41)8-9-28(39)42/h6-10,13,19H,3-5,11-12,14-18,20-21H2,1-2H3,(H3,32,33,34,35). The molecule has 3 N–H and O–H groups in total. The molecule has 0 saturated carbocycles. The maximum absolute atomic E-state index is 12.7. The number of amides is 3. The van der Waals surface area contributed by atoms with Crippen LogP contribution in [0, 0.1) is 0 Å². The van der Waals surface area contributed by atoms with Crippen LogP contribution in [0.4, 0.5) is 11.8 Å². The molecule has 0 unspecified atom stereocenters. The van der Waals surface area contributed by atoms with Crippen molar-refractivity contribution in [3.05, 3.63) is 53.7 Å². The number of methoxy groups -OCH3 is 1. The lowest BCUT2D eigenvalue weighted by molar-refractivity contribution is -0.138. The molecule has 4 heterocycles. The molecule has 0 atom stereocenters. The number of carbonyl (C=O) groups is 3. The average molecular weight is 589 g/mol. The summed E-state index contributed by atoms with van der Waals surface area (Å²) in [7, 11) is 1.69. The number of fused-ring (bicyclic) bond motifs is 1. The summed E-state index contributed by atoms with van der Waals surface area (Å²) in [5.74, 6) is 1.05. The van der Waals surface area contributed by atoms with Gasteiger partial charge in [-0.1, -0.05) is 31.9 Å². The number of imide groups is 1. The van der Waals surface area contributed by atoms with E-state index in [9.17, 15) is 14.4 Å². The van der Waals surface area contributed by atoms with E-state index in [-0.39, 0.29) is 36.6 Å². The van der Waals surface area contributed by atoms with Gasteiger partial charge in [0.1, 0.15) is 11.3 Å². The molecule has 0 aliphatic carbocycles. The Kier molecular flexibility index (Phi) is 9.55. The molecule has 0 bridgehead atoms. The molecule has 2 aromatic heterocycles. The Bertz CT molecular complexity index is 1490. The SMILES string of the molecule is CCCCCNc1nc(N)nc2ccn(Cc3ccc(CN4CCN(C(=O)CCN5C(=O)C=CC5=O)CC4)cc3OC)c12. The summed E-state index contributed by atoms with van der Waals surface area (Å²) >= 11 is 0. The lowest BCUT2D eigenvalue weighted by Gasteiger charge is -2.35. The van der Waals surface area contributed by atoms with Crippen molar-refractivity contribution in [2.45, 2.75) is 45.7 Å². The molecule has 43 heavy (non-hydrogen) atoms. The molecular formula is C31H40N8O4. The monoisotopic (exact) mass is 588 g/mol. The predicted octanol–water partition coefficient (Wildman–Crippen LogP) is 2.63. The van der Waals surface area contributed by atoms with Gasteiger partial charge in [-0.05, 0) is 24.1 Å². The van der Waals surface area contributed by atoms with Crippen LogP contribution in [0.5, 0.6) is 5.75 Å². The van der Waals surface area contributed by atoms with Crippen molar-refractivity contribution >= 4 is 40.5 Å². The number of nitrogens with zero attached hydrogens (tertiary/aromatic N) is 6. The minimum atomic E-state index is -0.357. The van der Waals surface area contributed by atoms with Gasteiger partial charge >= 0.3 is 0 Å².